The summed E-state index contributed by atoms with van der Waals surface area (Å²) in [6.45, 7) is 7.86. The van der Waals surface area contributed by atoms with Crippen molar-refractivity contribution in [1.29, 1.82) is 0 Å². The Morgan fingerprint density at radius 1 is 0.897 bits per heavy atom. The Morgan fingerprint density at radius 3 is 2.10 bits per heavy atom. The zero-order valence-corrected chi connectivity index (χ0v) is 17.7. The van der Waals surface area contributed by atoms with Crippen molar-refractivity contribution in [3.63, 3.8) is 0 Å². The van der Waals surface area contributed by atoms with Gasteiger partial charge in [-0.15, -0.1) is 12.4 Å². The first-order valence-electron chi connectivity index (χ1n) is 9.85. The summed E-state index contributed by atoms with van der Waals surface area (Å²) in [6.07, 6.45) is 1.10. The van der Waals surface area contributed by atoms with E-state index in [-0.39, 0.29) is 36.3 Å². The Hall–Kier alpha value is -2.50. The van der Waals surface area contributed by atoms with E-state index in [1.165, 1.54) is 0 Å². The van der Waals surface area contributed by atoms with E-state index >= 15 is 0 Å². The van der Waals surface area contributed by atoms with Crippen LogP contribution >= 0.6 is 12.4 Å². The maximum atomic E-state index is 12.8. The lowest BCUT2D eigenvalue weighted by Gasteiger charge is -2.18. The minimum atomic E-state index is -0.160. The van der Waals surface area contributed by atoms with E-state index in [0.717, 1.165) is 31.6 Å². The first-order valence-corrected chi connectivity index (χ1v) is 9.85. The van der Waals surface area contributed by atoms with Crippen molar-refractivity contribution in [3.05, 3.63) is 70.3 Å². The molecule has 6 heteroatoms. The number of nitrogens with zero attached hydrogens (tertiary/aromatic N) is 1. The van der Waals surface area contributed by atoms with Crippen molar-refractivity contribution in [2.75, 3.05) is 26.2 Å². The predicted molar refractivity (Wildman–Crippen MR) is 116 cm³/mol. The largest absolute Gasteiger partial charge is 0.356 e. The number of benzene rings is 2. The van der Waals surface area contributed by atoms with Gasteiger partial charge in [-0.3, -0.25) is 14.4 Å². The van der Waals surface area contributed by atoms with E-state index in [4.69, 9.17) is 0 Å². The summed E-state index contributed by atoms with van der Waals surface area (Å²) in [7, 11) is 0. The molecule has 0 saturated carbocycles. The topological polar surface area (TPSA) is 66.5 Å². The number of nitrogens with one attached hydrogen (secondary N) is 1. The highest BCUT2D eigenvalue weighted by atomic mass is 35.5. The van der Waals surface area contributed by atoms with Crippen molar-refractivity contribution < 1.29 is 14.4 Å². The molecule has 0 unspecified atom stereocenters. The number of amides is 1. The number of hydrogen-bond donors (Lipinski definition) is 1. The molecule has 0 bridgehead atoms. The molecule has 5 nitrogen and oxygen atoms in total. The van der Waals surface area contributed by atoms with E-state index < -0.39 is 0 Å². The first kappa shape index (κ1) is 22.8. The fourth-order valence-corrected chi connectivity index (χ4v) is 3.57. The Kier molecular flexibility index (Phi) is 8.11. The Morgan fingerprint density at radius 2 is 1.48 bits per heavy atom. The molecule has 1 aliphatic carbocycles. The van der Waals surface area contributed by atoms with Crippen molar-refractivity contribution in [2.45, 2.75) is 26.7 Å². The van der Waals surface area contributed by atoms with E-state index in [0.29, 0.717) is 28.8 Å². The normalized spacial score (nSPS) is 12.2. The fourth-order valence-electron chi connectivity index (χ4n) is 3.57. The number of rotatable bonds is 8. The summed E-state index contributed by atoms with van der Waals surface area (Å²) < 4.78 is 0. The van der Waals surface area contributed by atoms with Crippen LogP contribution in [0.3, 0.4) is 0 Å². The monoisotopic (exact) mass is 414 g/mol. The molecule has 154 valence electrons. The molecule has 2 aromatic carbocycles. The fraction of sp³-hybridized carbons (Fsp3) is 0.348. The van der Waals surface area contributed by atoms with Crippen molar-refractivity contribution in [3.8, 4) is 0 Å². The lowest BCUT2D eigenvalue weighted by molar-refractivity contribution is -0.120. The van der Waals surface area contributed by atoms with Gasteiger partial charge in [-0.25, -0.2) is 0 Å². The number of halogens is 1. The maximum absolute atomic E-state index is 12.8. The summed E-state index contributed by atoms with van der Waals surface area (Å²) in [5, 5.41) is 2.93. The number of carbonyl (C=O) groups excluding carboxylic acids is 3. The van der Waals surface area contributed by atoms with Gasteiger partial charge in [0.25, 0.3) is 0 Å². The molecule has 0 aliphatic heterocycles. The van der Waals surface area contributed by atoms with Crippen molar-refractivity contribution >= 4 is 29.9 Å². The highest BCUT2D eigenvalue weighted by molar-refractivity contribution is 6.28. The average molecular weight is 415 g/mol. The van der Waals surface area contributed by atoms with Crippen LogP contribution in [0.4, 0.5) is 0 Å². The van der Waals surface area contributed by atoms with Gasteiger partial charge in [0.05, 0.1) is 6.42 Å². The Labute approximate surface area is 177 Å². The van der Waals surface area contributed by atoms with Gasteiger partial charge in [0.1, 0.15) is 0 Å². The molecular weight excluding hydrogens is 388 g/mol. The molecule has 0 heterocycles. The van der Waals surface area contributed by atoms with Gasteiger partial charge in [-0.1, -0.05) is 50.2 Å². The van der Waals surface area contributed by atoms with E-state index in [2.05, 4.69) is 24.1 Å². The first-order chi connectivity index (χ1) is 13.5. The second-order valence-corrected chi connectivity index (χ2v) is 6.99. The molecule has 1 amide bonds. The summed E-state index contributed by atoms with van der Waals surface area (Å²) in [6, 6.07) is 12.0. The summed E-state index contributed by atoms with van der Waals surface area (Å²) in [4.78, 5) is 39.9. The highest BCUT2D eigenvalue weighted by Crippen LogP contribution is 2.27. The molecule has 1 aliphatic rings. The zero-order valence-electron chi connectivity index (χ0n) is 16.9. The summed E-state index contributed by atoms with van der Waals surface area (Å²) >= 11 is 0. The van der Waals surface area contributed by atoms with E-state index in [9.17, 15) is 14.4 Å². The maximum Gasteiger partial charge on any atom is 0.224 e. The van der Waals surface area contributed by atoms with Crippen LogP contribution in [0.25, 0.3) is 0 Å². The number of carbonyl (C=O) groups is 3. The lowest BCUT2D eigenvalue weighted by atomic mass is 9.83. The molecule has 0 saturated heterocycles. The van der Waals surface area contributed by atoms with E-state index in [1.807, 2.05) is 0 Å². The van der Waals surface area contributed by atoms with Crippen LogP contribution in [-0.2, 0) is 11.2 Å². The minimum Gasteiger partial charge on any atom is -0.356 e. The molecular formula is C23H27ClN2O3. The minimum absolute atomic E-state index is 0. The third-order valence-electron chi connectivity index (χ3n) is 5.22. The quantitative estimate of drug-likeness (QED) is 0.574. The van der Waals surface area contributed by atoms with Crippen molar-refractivity contribution in [2.24, 2.45) is 0 Å². The SMILES string of the molecule is CCN(CC)CCCNC(=O)Cc1ccc2c(c1)C(=O)c1ccccc1C2=O.Cl. The number of hydrogen-bond acceptors (Lipinski definition) is 4. The van der Waals surface area contributed by atoms with Crippen LogP contribution in [0, 0.1) is 0 Å². The molecule has 0 spiro atoms. The van der Waals surface area contributed by atoms with Crippen LogP contribution in [0.5, 0.6) is 0 Å². The molecule has 29 heavy (non-hydrogen) atoms. The van der Waals surface area contributed by atoms with Gasteiger partial charge in [0, 0.05) is 28.8 Å². The molecule has 0 atom stereocenters. The van der Waals surface area contributed by atoms with Crippen LogP contribution in [0.15, 0.2) is 42.5 Å². The molecule has 0 aromatic heterocycles. The predicted octanol–water partition coefficient (Wildman–Crippen LogP) is 3.27. The lowest BCUT2D eigenvalue weighted by Crippen LogP contribution is -2.30. The summed E-state index contributed by atoms with van der Waals surface area (Å²) in [5.74, 6) is -0.376. The smallest absolute Gasteiger partial charge is 0.224 e. The van der Waals surface area contributed by atoms with Gasteiger partial charge in [0.15, 0.2) is 11.6 Å². The van der Waals surface area contributed by atoms with Crippen LogP contribution in [-0.4, -0.2) is 48.6 Å². The van der Waals surface area contributed by atoms with Crippen molar-refractivity contribution in [1.82, 2.24) is 10.2 Å². The van der Waals surface area contributed by atoms with Gasteiger partial charge in [-0.05, 0) is 37.7 Å². The van der Waals surface area contributed by atoms with E-state index in [1.54, 1.807) is 42.5 Å². The molecule has 1 N–H and O–H groups in total. The summed E-state index contributed by atoms with van der Waals surface area (Å²) in [5.41, 5.74) is 2.40. The van der Waals surface area contributed by atoms with Gasteiger partial charge < -0.3 is 10.2 Å². The average Bonchev–Trinajstić information content (AvgIpc) is 2.72. The highest BCUT2D eigenvalue weighted by Gasteiger charge is 2.29. The van der Waals surface area contributed by atoms with Crippen LogP contribution in [0.1, 0.15) is 57.7 Å². The van der Waals surface area contributed by atoms with Gasteiger partial charge in [0.2, 0.25) is 5.91 Å². The van der Waals surface area contributed by atoms with Gasteiger partial charge >= 0.3 is 0 Å². The molecule has 2 aromatic rings. The zero-order chi connectivity index (χ0) is 20.1. The third kappa shape index (κ3) is 5.11. The standard InChI is InChI=1S/C23H26N2O3.ClH/c1-3-25(4-2)13-7-12-24-21(26)15-16-10-11-19-20(14-16)23(28)18-9-6-5-8-17(18)22(19)27;/h5-6,8-11,14H,3-4,7,12-13,15H2,1-2H3,(H,24,26);1H. The van der Waals surface area contributed by atoms with Gasteiger partial charge in [-0.2, -0.15) is 0 Å². The molecule has 3 rings (SSSR count). The Bertz CT molecular complexity index is 907. The second kappa shape index (κ2) is 10.3. The van der Waals surface area contributed by atoms with Crippen LogP contribution < -0.4 is 5.32 Å². The molecule has 0 fully saturated rings. The van der Waals surface area contributed by atoms with Crippen LogP contribution in [0.2, 0.25) is 0 Å². The number of fused-ring (bicyclic) bond motifs is 2. The Balaban J connectivity index is 0.00000300. The molecule has 0 radical (unpaired) electrons. The number of ketones is 2. The second-order valence-electron chi connectivity index (χ2n) is 6.99. The third-order valence-corrected chi connectivity index (χ3v) is 5.22.